The third-order valence-corrected chi connectivity index (χ3v) is 1.68. The van der Waals surface area contributed by atoms with Crippen LogP contribution in [0.15, 0.2) is 41.0 Å². The van der Waals surface area contributed by atoms with Crippen molar-refractivity contribution in [2.75, 3.05) is 5.32 Å². The molecule has 0 unspecified atom stereocenters. The van der Waals surface area contributed by atoms with Gasteiger partial charge in [-0.2, -0.15) is 0 Å². The number of aldehydes is 1. The lowest BCUT2D eigenvalue weighted by molar-refractivity contribution is -0.104. The summed E-state index contributed by atoms with van der Waals surface area (Å²) in [5, 5.41) is 2.96. The van der Waals surface area contributed by atoms with Crippen LogP contribution in [0.25, 0.3) is 0 Å². The molecule has 1 aromatic rings. The standard InChI is InChI=1S/C9H8BrNO/c10-8(7-12)6-11-9-4-2-1-3-5-9/h1-7,11H. The summed E-state index contributed by atoms with van der Waals surface area (Å²) in [6.07, 6.45) is 2.33. The zero-order valence-corrected chi connectivity index (χ0v) is 7.91. The molecule has 0 saturated heterocycles. The van der Waals surface area contributed by atoms with Crippen molar-refractivity contribution < 1.29 is 4.79 Å². The Kier molecular flexibility index (Phi) is 3.54. The van der Waals surface area contributed by atoms with Crippen molar-refractivity contribution in [3.8, 4) is 0 Å². The molecule has 0 atom stereocenters. The van der Waals surface area contributed by atoms with Gasteiger partial charge >= 0.3 is 0 Å². The van der Waals surface area contributed by atoms with E-state index in [1.165, 1.54) is 0 Å². The number of hydrogen-bond donors (Lipinski definition) is 1. The predicted molar refractivity (Wildman–Crippen MR) is 53.1 cm³/mol. The molecule has 0 aliphatic rings. The summed E-state index contributed by atoms with van der Waals surface area (Å²) in [5.74, 6) is 0. The number of carbonyl (C=O) groups is 1. The highest BCUT2D eigenvalue weighted by atomic mass is 79.9. The van der Waals surface area contributed by atoms with Crippen LogP contribution in [0.3, 0.4) is 0 Å². The number of nitrogens with one attached hydrogen (secondary N) is 1. The van der Waals surface area contributed by atoms with Gasteiger partial charge in [0.25, 0.3) is 0 Å². The van der Waals surface area contributed by atoms with Gasteiger partial charge in [-0.25, -0.2) is 0 Å². The minimum atomic E-state index is 0.492. The summed E-state index contributed by atoms with van der Waals surface area (Å²) in [7, 11) is 0. The fourth-order valence-corrected chi connectivity index (χ4v) is 0.835. The van der Waals surface area contributed by atoms with Crippen molar-refractivity contribution in [1.29, 1.82) is 0 Å². The fraction of sp³-hybridized carbons (Fsp3) is 0. The molecule has 1 rings (SSSR count). The maximum Gasteiger partial charge on any atom is 0.158 e. The second-order valence-corrected chi connectivity index (χ2v) is 3.07. The van der Waals surface area contributed by atoms with Crippen molar-refractivity contribution in [3.63, 3.8) is 0 Å². The van der Waals surface area contributed by atoms with Crippen LogP contribution in [0.2, 0.25) is 0 Å². The van der Waals surface area contributed by atoms with Crippen LogP contribution in [0, 0.1) is 0 Å². The lowest BCUT2D eigenvalue weighted by Crippen LogP contribution is -1.87. The molecule has 0 fully saturated rings. The first-order valence-electron chi connectivity index (χ1n) is 3.45. The quantitative estimate of drug-likeness (QED) is 0.633. The van der Waals surface area contributed by atoms with Gasteiger partial charge in [0.1, 0.15) is 0 Å². The Bertz CT molecular complexity index is 282. The number of para-hydroxylation sites is 1. The van der Waals surface area contributed by atoms with Crippen LogP contribution in [0.4, 0.5) is 5.69 Å². The van der Waals surface area contributed by atoms with E-state index in [1.807, 2.05) is 30.3 Å². The topological polar surface area (TPSA) is 29.1 Å². The number of halogens is 1. The Morgan fingerprint density at radius 2 is 2.00 bits per heavy atom. The van der Waals surface area contributed by atoms with Gasteiger partial charge in [0.15, 0.2) is 6.29 Å². The molecule has 2 nitrogen and oxygen atoms in total. The number of benzene rings is 1. The molecule has 3 heteroatoms. The van der Waals surface area contributed by atoms with Crippen molar-refractivity contribution in [3.05, 3.63) is 41.0 Å². The Morgan fingerprint density at radius 3 is 2.58 bits per heavy atom. The SMILES string of the molecule is O=CC(Br)=CNc1ccccc1. The predicted octanol–water partition coefficient (Wildman–Crippen LogP) is 2.53. The average molecular weight is 226 g/mol. The first-order chi connectivity index (χ1) is 5.83. The molecular formula is C9H8BrNO. The van der Waals surface area contributed by atoms with E-state index in [-0.39, 0.29) is 0 Å². The van der Waals surface area contributed by atoms with Crippen molar-refractivity contribution in [1.82, 2.24) is 0 Å². The van der Waals surface area contributed by atoms with Gasteiger partial charge < -0.3 is 5.32 Å². The lowest BCUT2D eigenvalue weighted by atomic mass is 10.3. The van der Waals surface area contributed by atoms with E-state index in [1.54, 1.807) is 6.20 Å². The average Bonchev–Trinajstić information content (AvgIpc) is 2.16. The smallest absolute Gasteiger partial charge is 0.158 e. The van der Waals surface area contributed by atoms with Crippen LogP contribution in [0.5, 0.6) is 0 Å². The first kappa shape index (κ1) is 9.00. The Morgan fingerprint density at radius 1 is 1.33 bits per heavy atom. The van der Waals surface area contributed by atoms with Crippen molar-refractivity contribution in [2.45, 2.75) is 0 Å². The number of rotatable bonds is 3. The van der Waals surface area contributed by atoms with Crippen LogP contribution < -0.4 is 5.32 Å². The summed E-state index contributed by atoms with van der Waals surface area (Å²) >= 11 is 3.06. The molecule has 0 bridgehead atoms. The van der Waals surface area contributed by atoms with Gasteiger partial charge in [-0.3, -0.25) is 4.79 Å². The second kappa shape index (κ2) is 4.72. The van der Waals surface area contributed by atoms with Crippen LogP contribution >= 0.6 is 15.9 Å². The number of carbonyl (C=O) groups excluding carboxylic acids is 1. The Balaban J connectivity index is 2.60. The van der Waals surface area contributed by atoms with E-state index in [0.29, 0.717) is 4.48 Å². The molecule has 0 saturated carbocycles. The van der Waals surface area contributed by atoms with Gasteiger partial charge in [-0.1, -0.05) is 18.2 Å². The molecule has 0 radical (unpaired) electrons. The van der Waals surface area contributed by atoms with Gasteiger partial charge in [-0.15, -0.1) is 0 Å². The molecule has 0 amide bonds. The van der Waals surface area contributed by atoms with E-state index in [2.05, 4.69) is 21.2 Å². The zero-order valence-electron chi connectivity index (χ0n) is 6.33. The number of hydrogen-bond acceptors (Lipinski definition) is 2. The highest BCUT2D eigenvalue weighted by molar-refractivity contribution is 9.12. The molecule has 12 heavy (non-hydrogen) atoms. The number of allylic oxidation sites excluding steroid dienone is 1. The fourth-order valence-electron chi connectivity index (χ4n) is 0.721. The van der Waals surface area contributed by atoms with Crippen LogP contribution in [0.1, 0.15) is 0 Å². The van der Waals surface area contributed by atoms with Crippen molar-refractivity contribution in [2.24, 2.45) is 0 Å². The molecule has 62 valence electrons. The zero-order chi connectivity index (χ0) is 8.81. The third-order valence-electron chi connectivity index (χ3n) is 1.26. The highest BCUT2D eigenvalue weighted by Crippen LogP contribution is 2.07. The summed E-state index contributed by atoms with van der Waals surface area (Å²) < 4.78 is 0.492. The summed E-state index contributed by atoms with van der Waals surface area (Å²) in [4.78, 5) is 10.2. The van der Waals surface area contributed by atoms with E-state index in [9.17, 15) is 4.79 Å². The molecule has 0 spiro atoms. The minimum absolute atomic E-state index is 0.492. The van der Waals surface area contributed by atoms with Gasteiger partial charge in [0, 0.05) is 11.9 Å². The minimum Gasteiger partial charge on any atom is -0.360 e. The normalized spacial score (nSPS) is 10.9. The van der Waals surface area contributed by atoms with Crippen LogP contribution in [-0.2, 0) is 4.79 Å². The Hall–Kier alpha value is -1.09. The largest absolute Gasteiger partial charge is 0.360 e. The maximum atomic E-state index is 10.2. The monoisotopic (exact) mass is 225 g/mol. The van der Waals surface area contributed by atoms with Crippen molar-refractivity contribution >= 4 is 27.9 Å². The van der Waals surface area contributed by atoms with Crippen LogP contribution in [-0.4, -0.2) is 6.29 Å². The molecule has 0 aromatic heterocycles. The molecular weight excluding hydrogens is 218 g/mol. The van der Waals surface area contributed by atoms with Gasteiger partial charge in [0.05, 0.1) is 4.48 Å². The first-order valence-corrected chi connectivity index (χ1v) is 4.24. The summed E-state index contributed by atoms with van der Waals surface area (Å²) in [5.41, 5.74) is 0.955. The molecule has 0 aliphatic heterocycles. The molecule has 1 aromatic carbocycles. The summed E-state index contributed by atoms with van der Waals surface area (Å²) in [6, 6.07) is 9.61. The third kappa shape index (κ3) is 2.88. The lowest BCUT2D eigenvalue weighted by Gasteiger charge is -1.98. The van der Waals surface area contributed by atoms with Gasteiger partial charge in [0.2, 0.25) is 0 Å². The Labute approximate surface area is 79.4 Å². The van der Waals surface area contributed by atoms with E-state index < -0.39 is 0 Å². The maximum absolute atomic E-state index is 10.2. The molecule has 0 aliphatic carbocycles. The van der Waals surface area contributed by atoms with Gasteiger partial charge in [-0.05, 0) is 28.1 Å². The molecule has 1 N–H and O–H groups in total. The number of anilines is 1. The van der Waals surface area contributed by atoms with E-state index in [0.717, 1.165) is 12.0 Å². The van der Waals surface area contributed by atoms with E-state index >= 15 is 0 Å². The second-order valence-electron chi connectivity index (χ2n) is 2.16. The summed E-state index contributed by atoms with van der Waals surface area (Å²) in [6.45, 7) is 0. The van der Waals surface area contributed by atoms with E-state index in [4.69, 9.17) is 0 Å². The molecule has 0 heterocycles. The highest BCUT2D eigenvalue weighted by Gasteiger charge is 1.87.